The van der Waals surface area contributed by atoms with Gasteiger partial charge in [-0.2, -0.15) is 0 Å². The molecule has 0 aliphatic carbocycles. The molecule has 0 fully saturated rings. The summed E-state index contributed by atoms with van der Waals surface area (Å²) < 4.78 is 50.4. The molecule has 0 saturated heterocycles. The molecule has 1 aliphatic rings. The number of nitrogens with zero attached hydrogens (tertiary/aromatic N) is 1. The molecule has 0 bridgehead atoms. The molecule has 1 aromatic heterocycles. The third kappa shape index (κ3) is 3.85. The van der Waals surface area contributed by atoms with E-state index in [-0.39, 0.29) is 29.4 Å². The Labute approximate surface area is 182 Å². The predicted octanol–water partition coefficient (Wildman–Crippen LogP) is 6.26. The van der Waals surface area contributed by atoms with Crippen molar-refractivity contribution in [1.82, 2.24) is 9.88 Å². The molecule has 0 unspecified atom stereocenters. The Balaban J connectivity index is 1.93. The molecule has 2 heterocycles. The van der Waals surface area contributed by atoms with Gasteiger partial charge < -0.3 is 9.72 Å². The van der Waals surface area contributed by atoms with Crippen LogP contribution in [0.25, 0.3) is 10.9 Å². The summed E-state index contributed by atoms with van der Waals surface area (Å²) in [5, 5.41) is 1.03. The van der Waals surface area contributed by atoms with Gasteiger partial charge >= 0.3 is 0 Å². The fraction of sp³-hybridized carbons (Fsp3) is 0.391. The van der Waals surface area contributed by atoms with E-state index in [2.05, 4.69) is 20.9 Å². The lowest BCUT2D eigenvalue weighted by Crippen LogP contribution is -2.48. The van der Waals surface area contributed by atoms with E-state index in [1.807, 2.05) is 36.1 Å². The van der Waals surface area contributed by atoms with Gasteiger partial charge in [0.05, 0.1) is 6.04 Å². The van der Waals surface area contributed by atoms with Crippen molar-refractivity contribution < 1.29 is 17.9 Å². The molecule has 2 atom stereocenters. The molecule has 1 aliphatic heterocycles. The highest BCUT2D eigenvalue weighted by atomic mass is 79.9. The summed E-state index contributed by atoms with van der Waals surface area (Å²) >= 11 is 3.10. The number of nitrogens with one attached hydrogen (secondary N) is 1. The van der Waals surface area contributed by atoms with Crippen LogP contribution >= 0.6 is 15.9 Å². The van der Waals surface area contributed by atoms with Crippen molar-refractivity contribution in [2.75, 3.05) is 12.1 Å². The van der Waals surface area contributed by atoms with Gasteiger partial charge in [-0.25, -0.2) is 13.2 Å². The highest BCUT2D eigenvalue weighted by molar-refractivity contribution is 9.09. The maximum absolute atomic E-state index is 15.2. The van der Waals surface area contributed by atoms with Crippen molar-refractivity contribution in [3.05, 3.63) is 64.9 Å². The van der Waals surface area contributed by atoms with Gasteiger partial charge in [0.2, 0.25) is 0 Å². The number of hydrogen-bond acceptors (Lipinski definition) is 2. The first-order valence-corrected chi connectivity index (χ1v) is 11.0. The maximum Gasteiger partial charge on any atom is 0.143 e. The first-order chi connectivity index (χ1) is 14.2. The lowest BCUT2D eigenvalue weighted by atomic mass is 9.87. The summed E-state index contributed by atoms with van der Waals surface area (Å²) in [6.07, 6.45) is 0.667. The van der Waals surface area contributed by atoms with Crippen molar-refractivity contribution in [3.8, 4) is 5.75 Å². The summed E-state index contributed by atoms with van der Waals surface area (Å²) in [6, 6.07) is 9.29. The van der Waals surface area contributed by atoms with Gasteiger partial charge in [-0.15, -0.1) is 0 Å². The van der Waals surface area contributed by atoms with Crippen LogP contribution in [0.2, 0.25) is 0 Å². The molecule has 0 saturated carbocycles. The van der Waals surface area contributed by atoms with Crippen LogP contribution in [0.4, 0.5) is 13.2 Å². The SMILES string of the molecule is C[C@@H]1Cc2c([nH]c3ccccc23)[C@@H](c2c(F)cc(OCBr)cc2F)N1CC(C)(C)F. The molecule has 0 radical (unpaired) electrons. The Morgan fingerprint density at radius 2 is 1.87 bits per heavy atom. The van der Waals surface area contributed by atoms with E-state index in [1.165, 1.54) is 26.0 Å². The average Bonchev–Trinajstić information content (AvgIpc) is 3.01. The van der Waals surface area contributed by atoms with Gasteiger partial charge in [-0.1, -0.05) is 18.2 Å². The quantitative estimate of drug-likeness (QED) is 0.436. The van der Waals surface area contributed by atoms with Crippen molar-refractivity contribution in [2.24, 2.45) is 0 Å². The second-order valence-electron chi connectivity index (χ2n) is 8.46. The number of aromatic nitrogens is 1. The molecule has 2 aromatic carbocycles. The monoisotopic (exact) mass is 480 g/mol. The van der Waals surface area contributed by atoms with Crippen LogP contribution in [0.3, 0.4) is 0 Å². The third-order valence-corrected chi connectivity index (χ3v) is 5.85. The van der Waals surface area contributed by atoms with Crippen molar-refractivity contribution >= 4 is 26.8 Å². The first kappa shape index (κ1) is 21.2. The minimum atomic E-state index is -1.53. The van der Waals surface area contributed by atoms with E-state index in [0.717, 1.165) is 16.5 Å². The summed E-state index contributed by atoms with van der Waals surface area (Å²) in [6.45, 7) is 4.99. The van der Waals surface area contributed by atoms with Gasteiger partial charge in [0.15, 0.2) is 0 Å². The van der Waals surface area contributed by atoms with Crippen LogP contribution in [0.1, 0.15) is 43.6 Å². The number of benzene rings is 2. The van der Waals surface area contributed by atoms with Crippen molar-refractivity contribution in [3.63, 3.8) is 0 Å². The molecular formula is C23H24BrF3N2O. The highest BCUT2D eigenvalue weighted by Gasteiger charge is 2.40. The Hall–Kier alpha value is -1.99. The van der Waals surface area contributed by atoms with Gasteiger partial charge in [0.25, 0.3) is 0 Å². The number of para-hydroxylation sites is 1. The Bertz CT molecular complexity index is 1050. The minimum absolute atomic E-state index is 0.0478. The number of rotatable bonds is 5. The Morgan fingerprint density at radius 3 is 2.50 bits per heavy atom. The zero-order chi connectivity index (χ0) is 21.6. The largest absolute Gasteiger partial charge is 0.482 e. The topological polar surface area (TPSA) is 28.3 Å². The fourth-order valence-electron chi connectivity index (χ4n) is 4.47. The second kappa shape index (κ2) is 7.93. The fourth-order valence-corrected chi connectivity index (χ4v) is 4.73. The number of halogens is 4. The standard InChI is InChI=1S/C23H24BrF3N2O/c1-13-8-16-15-6-4-5-7-19(15)28-21(16)22(29(13)11-23(2,3)27)20-17(25)9-14(30-12-24)10-18(20)26/h4-7,9-10,13,22,28H,8,11-12H2,1-3H3/t13-,22-/m1/s1. The van der Waals surface area contributed by atoms with E-state index in [0.29, 0.717) is 12.1 Å². The van der Waals surface area contributed by atoms with E-state index < -0.39 is 23.3 Å². The van der Waals surface area contributed by atoms with Crippen LogP contribution < -0.4 is 4.74 Å². The molecule has 0 spiro atoms. The minimum Gasteiger partial charge on any atom is -0.482 e. The molecule has 7 heteroatoms. The van der Waals surface area contributed by atoms with Gasteiger partial charge in [-0.05, 0) is 54.8 Å². The molecule has 3 nitrogen and oxygen atoms in total. The number of ether oxygens (including phenoxy) is 1. The Kier molecular flexibility index (Phi) is 5.62. The molecular weight excluding hydrogens is 457 g/mol. The van der Waals surface area contributed by atoms with E-state index in [4.69, 9.17) is 4.74 Å². The lowest BCUT2D eigenvalue weighted by molar-refractivity contribution is 0.0642. The number of H-pyrrole nitrogens is 1. The van der Waals surface area contributed by atoms with Crippen LogP contribution in [0.15, 0.2) is 36.4 Å². The van der Waals surface area contributed by atoms with Gasteiger partial charge in [-0.3, -0.25) is 4.90 Å². The summed E-state index contributed by atoms with van der Waals surface area (Å²) in [7, 11) is 0. The first-order valence-electron chi connectivity index (χ1n) is 9.91. The zero-order valence-electron chi connectivity index (χ0n) is 17.1. The molecule has 30 heavy (non-hydrogen) atoms. The van der Waals surface area contributed by atoms with E-state index >= 15 is 8.78 Å². The predicted molar refractivity (Wildman–Crippen MR) is 116 cm³/mol. The average molecular weight is 481 g/mol. The summed E-state index contributed by atoms with van der Waals surface area (Å²) in [4.78, 5) is 5.21. The van der Waals surface area contributed by atoms with E-state index in [9.17, 15) is 4.39 Å². The van der Waals surface area contributed by atoms with Crippen LogP contribution in [0, 0.1) is 11.6 Å². The van der Waals surface area contributed by atoms with Crippen LogP contribution in [-0.4, -0.2) is 33.7 Å². The van der Waals surface area contributed by atoms with Crippen LogP contribution in [0.5, 0.6) is 5.75 Å². The number of hydrogen-bond donors (Lipinski definition) is 1. The molecule has 160 valence electrons. The summed E-state index contributed by atoms with van der Waals surface area (Å²) in [5.41, 5.74) is 1.14. The van der Waals surface area contributed by atoms with Crippen molar-refractivity contribution in [1.29, 1.82) is 0 Å². The number of aromatic amines is 1. The molecule has 4 rings (SSSR count). The number of alkyl halides is 2. The molecule has 1 N–H and O–H groups in total. The lowest BCUT2D eigenvalue weighted by Gasteiger charge is -2.43. The zero-order valence-corrected chi connectivity index (χ0v) is 18.7. The van der Waals surface area contributed by atoms with Gasteiger partial charge in [0.1, 0.15) is 28.6 Å². The highest BCUT2D eigenvalue weighted by Crippen LogP contribution is 2.43. The van der Waals surface area contributed by atoms with E-state index in [1.54, 1.807) is 0 Å². The Morgan fingerprint density at radius 1 is 1.20 bits per heavy atom. The van der Waals surface area contributed by atoms with Gasteiger partial charge in [0, 0.05) is 46.9 Å². The molecule has 0 amide bonds. The smallest absolute Gasteiger partial charge is 0.143 e. The molecule has 3 aromatic rings. The number of fused-ring (bicyclic) bond motifs is 3. The van der Waals surface area contributed by atoms with Crippen LogP contribution in [-0.2, 0) is 6.42 Å². The van der Waals surface area contributed by atoms with Crippen molar-refractivity contribution in [2.45, 2.75) is 44.9 Å². The summed E-state index contributed by atoms with van der Waals surface area (Å²) in [5.74, 6) is -1.32. The maximum atomic E-state index is 15.2. The second-order valence-corrected chi connectivity index (χ2v) is 8.92. The third-order valence-electron chi connectivity index (χ3n) is 5.62. The normalized spacial score (nSPS) is 19.8.